The molecular weight excluding hydrogens is 246 g/mol. The van der Waals surface area contributed by atoms with Gasteiger partial charge in [0.15, 0.2) is 0 Å². The van der Waals surface area contributed by atoms with Crippen LogP contribution in [0.4, 0.5) is 0 Å². The Bertz CT molecular complexity index is 534. The molecule has 106 valence electrons. The second kappa shape index (κ2) is 8.16. The quantitative estimate of drug-likeness (QED) is 0.872. The summed E-state index contributed by atoms with van der Waals surface area (Å²) in [6, 6.07) is 17.6. The number of amides is 1. The summed E-state index contributed by atoms with van der Waals surface area (Å²) in [7, 11) is 0. The van der Waals surface area contributed by atoms with Crippen molar-refractivity contribution >= 4 is 5.91 Å². The van der Waals surface area contributed by atoms with Gasteiger partial charge in [-0.2, -0.15) is 0 Å². The molecule has 0 aliphatic carbocycles. The zero-order valence-electron chi connectivity index (χ0n) is 12.7. The molecular formula is C18H23NO. The van der Waals surface area contributed by atoms with Crippen LogP contribution in [0.2, 0.25) is 0 Å². The molecule has 0 fully saturated rings. The Morgan fingerprint density at radius 2 is 1.65 bits per heavy atom. The number of nitrogens with one attached hydrogen (secondary N) is 1. The maximum atomic E-state index is 12.1. The number of carbonyl (C=O) groups excluding carboxylic acids is 1. The normalized spacial score (nSPS) is 11.0. The lowest BCUT2D eigenvalue weighted by molar-refractivity contribution is 0.0940. The van der Waals surface area contributed by atoms with Crippen molar-refractivity contribution in [3.8, 4) is 0 Å². The van der Waals surface area contributed by atoms with Crippen molar-refractivity contribution in [2.45, 2.75) is 33.7 Å². The van der Waals surface area contributed by atoms with Gasteiger partial charge in [-0.25, -0.2) is 0 Å². The van der Waals surface area contributed by atoms with E-state index in [4.69, 9.17) is 0 Å². The van der Waals surface area contributed by atoms with E-state index in [0.717, 1.165) is 11.1 Å². The first-order valence-corrected chi connectivity index (χ1v) is 7.09. The molecule has 0 aliphatic rings. The lowest BCUT2D eigenvalue weighted by atomic mass is 10.1. The summed E-state index contributed by atoms with van der Waals surface area (Å²) in [5, 5.41) is 3.00. The Morgan fingerprint density at radius 3 is 2.25 bits per heavy atom. The van der Waals surface area contributed by atoms with E-state index >= 15 is 0 Å². The van der Waals surface area contributed by atoms with Crippen LogP contribution in [0.1, 0.15) is 48.3 Å². The first-order chi connectivity index (χ1) is 9.66. The molecule has 1 atom stereocenters. The molecule has 0 spiro atoms. The first-order valence-electron chi connectivity index (χ1n) is 7.09. The molecule has 0 saturated heterocycles. The molecule has 0 saturated carbocycles. The number of hydrogen-bond donors (Lipinski definition) is 1. The van der Waals surface area contributed by atoms with Crippen molar-refractivity contribution in [3.05, 3.63) is 71.3 Å². The van der Waals surface area contributed by atoms with E-state index in [0.29, 0.717) is 5.56 Å². The fourth-order valence-corrected chi connectivity index (χ4v) is 1.89. The smallest absolute Gasteiger partial charge is 0.251 e. The van der Waals surface area contributed by atoms with Crippen LogP contribution in [-0.2, 0) is 0 Å². The summed E-state index contributed by atoms with van der Waals surface area (Å²) >= 11 is 0. The number of hydrogen-bond acceptors (Lipinski definition) is 1. The van der Waals surface area contributed by atoms with E-state index in [9.17, 15) is 4.79 Å². The van der Waals surface area contributed by atoms with Gasteiger partial charge in [0.2, 0.25) is 0 Å². The van der Waals surface area contributed by atoms with E-state index in [1.54, 1.807) is 0 Å². The van der Waals surface area contributed by atoms with Crippen molar-refractivity contribution in [2.24, 2.45) is 0 Å². The SMILES string of the molecule is CC.Cc1cccc(C(=O)NC(C)c2ccccc2)c1. The maximum Gasteiger partial charge on any atom is 0.251 e. The molecule has 2 aromatic carbocycles. The zero-order valence-corrected chi connectivity index (χ0v) is 12.7. The molecule has 1 amide bonds. The Labute approximate surface area is 121 Å². The van der Waals surface area contributed by atoms with E-state index in [-0.39, 0.29) is 11.9 Å². The summed E-state index contributed by atoms with van der Waals surface area (Å²) in [5.41, 5.74) is 2.91. The van der Waals surface area contributed by atoms with Crippen molar-refractivity contribution < 1.29 is 4.79 Å². The molecule has 0 aromatic heterocycles. The van der Waals surface area contributed by atoms with Gasteiger partial charge in [-0.05, 0) is 31.5 Å². The second-order valence-corrected chi connectivity index (χ2v) is 4.48. The molecule has 20 heavy (non-hydrogen) atoms. The highest BCUT2D eigenvalue weighted by molar-refractivity contribution is 5.94. The van der Waals surface area contributed by atoms with Gasteiger partial charge < -0.3 is 5.32 Å². The zero-order chi connectivity index (χ0) is 15.0. The van der Waals surface area contributed by atoms with Crippen molar-refractivity contribution in [1.29, 1.82) is 0 Å². The fraction of sp³-hybridized carbons (Fsp3) is 0.278. The highest BCUT2D eigenvalue weighted by Gasteiger charge is 2.10. The topological polar surface area (TPSA) is 29.1 Å². The molecule has 1 unspecified atom stereocenters. The van der Waals surface area contributed by atoms with Crippen LogP contribution in [-0.4, -0.2) is 5.91 Å². The highest BCUT2D eigenvalue weighted by atomic mass is 16.1. The van der Waals surface area contributed by atoms with Crippen LogP contribution >= 0.6 is 0 Å². The minimum Gasteiger partial charge on any atom is -0.346 e. The van der Waals surface area contributed by atoms with Gasteiger partial charge in [0.25, 0.3) is 5.91 Å². The van der Waals surface area contributed by atoms with Crippen LogP contribution in [0.3, 0.4) is 0 Å². The Hall–Kier alpha value is -2.09. The largest absolute Gasteiger partial charge is 0.346 e. The Balaban J connectivity index is 0.000000956. The summed E-state index contributed by atoms with van der Waals surface area (Å²) in [6.45, 7) is 7.97. The summed E-state index contributed by atoms with van der Waals surface area (Å²) in [6.07, 6.45) is 0. The summed E-state index contributed by atoms with van der Waals surface area (Å²) in [5.74, 6) is -0.0324. The molecule has 0 bridgehead atoms. The average Bonchev–Trinajstić information content (AvgIpc) is 2.50. The monoisotopic (exact) mass is 269 g/mol. The van der Waals surface area contributed by atoms with Gasteiger partial charge in [-0.1, -0.05) is 61.9 Å². The van der Waals surface area contributed by atoms with Crippen molar-refractivity contribution in [1.82, 2.24) is 5.32 Å². The van der Waals surface area contributed by atoms with Crippen LogP contribution in [0.25, 0.3) is 0 Å². The van der Waals surface area contributed by atoms with Crippen LogP contribution in [0.15, 0.2) is 54.6 Å². The minimum atomic E-state index is -0.0324. The van der Waals surface area contributed by atoms with E-state index in [1.807, 2.05) is 82.3 Å². The van der Waals surface area contributed by atoms with E-state index < -0.39 is 0 Å². The lowest BCUT2D eigenvalue weighted by Gasteiger charge is -2.14. The predicted octanol–water partition coefficient (Wildman–Crippen LogP) is 4.51. The molecule has 0 aliphatic heterocycles. The molecule has 0 radical (unpaired) electrons. The minimum absolute atomic E-state index is 0.0132. The Kier molecular flexibility index (Phi) is 6.51. The summed E-state index contributed by atoms with van der Waals surface area (Å²) < 4.78 is 0. The fourth-order valence-electron chi connectivity index (χ4n) is 1.89. The molecule has 1 N–H and O–H groups in total. The Morgan fingerprint density at radius 1 is 1.00 bits per heavy atom. The number of carbonyl (C=O) groups is 1. The van der Waals surface area contributed by atoms with Gasteiger partial charge in [0.1, 0.15) is 0 Å². The molecule has 2 rings (SSSR count). The van der Waals surface area contributed by atoms with Crippen molar-refractivity contribution in [3.63, 3.8) is 0 Å². The lowest BCUT2D eigenvalue weighted by Crippen LogP contribution is -2.26. The second-order valence-electron chi connectivity index (χ2n) is 4.48. The standard InChI is InChI=1S/C16H17NO.C2H6/c1-12-7-6-10-15(11-12)16(18)17-13(2)14-8-4-3-5-9-14;1-2/h3-11,13H,1-2H3,(H,17,18);1-2H3. The van der Waals surface area contributed by atoms with Crippen LogP contribution in [0.5, 0.6) is 0 Å². The summed E-state index contributed by atoms with van der Waals surface area (Å²) in [4.78, 5) is 12.1. The third-order valence-electron chi connectivity index (χ3n) is 2.93. The van der Waals surface area contributed by atoms with Crippen molar-refractivity contribution in [2.75, 3.05) is 0 Å². The molecule has 0 heterocycles. The predicted molar refractivity (Wildman–Crippen MR) is 84.9 cm³/mol. The first kappa shape index (κ1) is 16.0. The van der Waals surface area contributed by atoms with E-state index in [1.165, 1.54) is 0 Å². The van der Waals surface area contributed by atoms with Crippen LogP contribution < -0.4 is 5.32 Å². The number of aryl methyl sites for hydroxylation is 1. The van der Waals surface area contributed by atoms with Crippen LogP contribution in [0, 0.1) is 6.92 Å². The molecule has 2 aromatic rings. The maximum absolute atomic E-state index is 12.1. The highest BCUT2D eigenvalue weighted by Crippen LogP contribution is 2.12. The van der Waals surface area contributed by atoms with E-state index in [2.05, 4.69) is 5.32 Å². The van der Waals surface area contributed by atoms with Gasteiger partial charge in [-0.15, -0.1) is 0 Å². The average molecular weight is 269 g/mol. The third kappa shape index (κ3) is 4.54. The van der Waals surface area contributed by atoms with Gasteiger partial charge in [-0.3, -0.25) is 4.79 Å². The third-order valence-corrected chi connectivity index (χ3v) is 2.93. The van der Waals surface area contributed by atoms with Gasteiger partial charge in [0.05, 0.1) is 6.04 Å². The molecule has 2 heteroatoms. The molecule has 2 nitrogen and oxygen atoms in total. The number of rotatable bonds is 3. The van der Waals surface area contributed by atoms with Gasteiger partial charge in [0, 0.05) is 5.56 Å². The number of benzene rings is 2. The van der Waals surface area contributed by atoms with Gasteiger partial charge >= 0.3 is 0 Å².